The standard InChI is InChI=1S/C15H26N4O2S/c1-18(2)15-8-4-3-7-14(15)12-19-9-5-6-13(11-19)10-17-22(16,20)21/h3-4,7-8,13,17H,5-6,9-12H2,1-2H3,(H2,16,20,21). The molecule has 0 aliphatic carbocycles. The van der Waals surface area contributed by atoms with Crippen LogP contribution in [0, 0.1) is 5.92 Å². The molecule has 6 nitrogen and oxygen atoms in total. The summed E-state index contributed by atoms with van der Waals surface area (Å²) in [5.74, 6) is 0.318. The molecule has 124 valence electrons. The molecule has 1 saturated heterocycles. The lowest BCUT2D eigenvalue weighted by Gasteiger charge is -2.33. The SMILES string of the molecule is CN(C)c1ccccc1CN1CCCC(CNS(N)(=O)=O)C1. The molecule has 0 aromatic heterocycles. The number of benzene rings is 1. The monoisotopic (exact) mass is 326 g/mol. The molecule has 7 heteroatoms. The fraction of sp³-hybridized carbons (Fsp3) is 0.600. The minimum Gasteiger partial charge on any atom is -0.377 e. The van der Waals surface area contributed by atoms with Crippen LogP contribution in [0.2, 0.25) is 0 Å². The van der Waals surface area contributed by atoms with Gasteiger partial charge in [0.05, 0.1) is 0 Å². The van der Waals surface area contributed by atoms with Gasteiger partial charge in [-0.1, -0.05) is 18.2 Å². The summed E-state index contributed by atoms with van der Waals surface area (Å²) >= 11 is 0. The van der Waals surface area contributed by atoms with Crippen LogP contribution in [0.3, 0.4) is 0 Å². The number of nitrogens with one attached hydrogen (secondary N) is 1. The molecule has 1 atom stereocenters. The van der Waals surface area contributed by atoms with Crippen LogP contribution in [-0.4, -0.2) is 47.0 Å². The normalized spacial score (nSPS) is 20.0. The summed E-state index contributed by atoms with van der Waals surface area (Å²) < 4.78 is 24.4. The number of hydrogen-bond acceptors (Lipinski definition) is 4. The second kappa shape index (κ2) is 7.41. The van der Waals surface area contributed by atoms with Gasteiger partial charge in [0, 0.05) is 39.4 Å². The quantitative estimate of drug-likeness (QED) is 0.809. The summed E-state index contributed by atoms with van der Waals surface area (Å²) in [7, 11) is 0.506. The van der Waals surface area contributed by atoms with Crippen molar-refractivity contribution in [2.45, 2.75) is 19.4 Å². The van der Waals surface area contributed by atoms with Crippen LogP contribution >= 0.6 is 0 Å². The summed E-state index contributed by atoms with van der Waals surface area (Å²) in [5.41, 5.74) is 2.53. The van der Waals surface area contributed by atoms with Crippen molar-refractivity contribution in [2.24, 2.45) is 11.1 Å². The molecule has 3 N–H and O–H groups in total. The Bertz CT molecular complexity index is 589. The van der Waals surface area contributed by atoms with Gasteiger partial charge < -0.3 is 4.90 Å². The Morgan fingerprint density at radius 3 is 2.77 bits per heavy atom. The maximum absolute atomic E-state index is 11.0. The van der Waals surface area contributed by atoms with Gasteiger partial charge in [-0.15, -0.1) is 0 Å². The van der Waals surface area contributed by atoms with Crippen molar-refractivity contribution in [3.63, 3.8) is 0 Å². The van der Waals surface area contributed by atoms with Crippen molar-refractivity contribution in [1.29, 1.82) is 0 Å². The van der Waals surface area contributed by atoms with Crippen molar-refractivity contribution in [2.75, 3.05) is 38.6 Å². The van der Waals surface area contributed by atoms with Crippen LogP contribution in [0.25, 0.3) is 0 Å². The molecular weight excluding hydrogens is 300 g/mol. The summed E-state index contributed by atoms with van der Waals surface area (Å²) in [5, 5.41) is 5.01. The van der Waals surface area contributed by atoms with Gasteiger partial charge in [0.1, 0.15) is 0 Å². The summed E-state index contributed by atoms with van der Waals surface area (Å²) in [6.45, 7) is 3.25. The van der Waals surface area contributed by atoms with E-state index in [4.69, 9.17) is 5.14 Å². The maximum atomic E-state index is 11.0. The zero-order valence-corrected chi connectivity index (χ0v) is 14.1. The lowest BCUT2D eigenvalue weighted by Crippen LogP contribution is -2.42. The van der Waals surface area contributed by atoms with E-state index in [0.717, 1.165) is 32.5 Å². The highest BCUT2D eigenvalue weighted by Gasteiger charge is 2.21. The number of anilines is 1. The number of nitrogens with zero attached hydrogens (tertiary/aromatic N) is 2. The molecule has 1 aliphatic rings. The van der Waals surface area contributed by atoms with E-state index in [9.17, 15) is 8.42 Å². The van der Waals surface area contributed by atoms with Gasteiger partial charge in [0.2, 0.25) is 0 Å². The van der Waals surface area contributed by atoms with Gasteiger partial charge in [0.15, 0.2) is 0 Å². The Kier molecular flexibility index (Phi) is 5.80. The van der Waals surface area contributed by atoms with E-state index in [2.05, 4.69) is 32.7 Å². The van der Waals surface area contributed by atoms with Gasteiger partial charge in [-0.3, -0.25) is 4.90 Å². The second-order valence-corrected chi connectivity index (χ2v) is 7.54. The average molecular weight is 326 g/mol. The molecular formula is C15H26N4O2S. The smallest absolute Gasteiger partial charge is 0.274 e. The first kappa shape index (κ1) is 17.2. The molecule has 1 fully saturated rings. The fourth-order valence-electron chi connectivity index (χ4n) is 3.02. The Morgan fingerprint density at radius 2 is 2.09 bits per heavy atom. The van der Waals surface area contributed by atoms with Crippen molar-refractivity contribution >= 4 is 15.9 Å². The first-order valence-corrected chi connectivity index (χ1v) is 9.15. The summed E-state index contributed by atoms with van der Waals surface area (Å²) in [6.07, 6.45) is 2.12. The molecule has 1 aromatic carbocycles. The van der Waals surface area contributed by atoms with Gasteiger partial charge in [-0.25, -0.2) is 9.86 Å². The minimum absolute atomic E-state index is 0.318. The van der Waals surface area contributed by atoms with E-state index in [1.165, 1.54) is 11.3 Å². The third-order valence-electron chi connectivity index (χ3n) is 4.04. The van der Waals surface area contributed by atoms with Crippen LogP contribution < -0.4 is 14.8 Å². The van der Waals surface area contributed by atoms with Crippen LogP contribution in [-0.2, 0) is 16.8 Å². The van der Waals surface area contributed by atoms with Gasteiger partial charge in [0.25, 0.3) is 10.2 Å². The lowest BCUT2D eigenvalue weighted by atomic mass is 9.97. The molecule has 1 heterocycles. The number of rotatable bonds is 6. The van der Waals surface area contributed by atoms with Crippen molar-refractivity contribution in [3.05, 3.63) is 29.8 Å². The molecule has 0 bridgehead atoms. The predicted octanol–water partition coefficient (Wildman–Crippen LogP) is 0.758. The molecule has 22 heavy (non-hydrogen) atoms. The molecule has 0 amide bonds. The number of likely N-dealkylation sites (tertiary alicyclic amines) is 1. The maximum Gasteiger partial charge on any atom is 0.274 e. The molecule has 0 spiro atoms. The summed E-state index contributed by atoms with van der Waals surface area (Å²) in [6, 6.07) is 8.39. The molecule has 1 unspecified atom stereocenters. The van der Waals surface area contributed by atoms with E-state index in [1.54, 1.807) is 0 Å². The van der Waals surface area contributed by atoms with E-state index in [-0.39, 0.29) is 0 Å². The summed E-state index contributed by atoms with van der Waals surface area (Å²) in [4.78, 5) is 4.51. The molecule has 2 rings (SSSR count). The van der Waals surface area contributed by atoms with Gasteiger partial charge in [-0.2, -0.15) is 8.42 Å². The van der Waals surface area contributed by atoms with Gasteiger partial charge in [-0.05, 0) is 36.9 Å². The highest BCUT2D eigenvalue weighted by Crippen LogP contribution is 2.23. The first-order valence-electron chi connectivity index (χ1n) is 7.60. The predicted molar refractivity (Wildman–Crippen MR) is 89.9 cm³/mol. The molecule has 0 saturated carbocycles. The Balaban J connectivity index is 1.96. The number of piperidine rings is 1. The van der Waals surface area contributed by atoms with E-state index < -0.39 is 10.2 Å². The van der Waals surface area contributed by atoms with Crippen molar-refractivity contribution < 1.29 is 8.42 Å². The Labute approximate surface area is 133 Å². The highest BCUT2D eigenvalue weighted by atomic mass is 32.2. The number of nitrogens with two attached hydrogens (primary N) is 1. The Morgan fingerprint density at radius 1 is 1.36 bits per heavy atom. The van der Waals surface area contributed by atoms with E-state index in [0.29, 0.717) is 12.5 Å². The molecule has 1 aliphatic heterocycles. The zero-order chi connectivity index (χ0) is 16.2. The van der Waals surface area contributed by atoms with Crippen molar-refractivity contribution in [3.8, 4) is 0 Å². The van der Waals surface area contributed by atoms with Crippen LogP contribution in [0.4, 0.5) is 5.69 Å². The van der Waals surface area contributed by atoms with Crippen molar-refractivity contribution in [1.82, 2.24) is 9.62 Å². The second-order valence-electron chi connectivity index (χ2n) is 6.16. The number of hydrogen-bond donors (Lipinski definition) is 2. The Hall–Kier alpha value is -1.15. The lowest BCUT2D eigenvalue weighted by molar-refractivity contribution is 0.169. The van der Waals surface area contributed by atoms with Crippen LogP contribution in [0.1, 0.15) is 18.4 Å². The zero-order valence-electron chi connectivity index (χ0n) is 13.3. The van der Waals surface area contributed by atoms with Crippen LogP contribution in [0.15, 0.2) is 24.3 Å². The first-order chi connectivity index (χ1) is 10.3. The third kappa shape index (κ3) is 5.24. The topological polar surface area (TPSA) is 78.7 Å². The van der Waals surface area contributed by atoms with Crippen LogP contribution in [0.5, 0.6) is 0 Å². The minimum atomic E-state index is -3.59. The number of para-hydroxylation sites is 1. The molecule has 1 aromatic rings. The average Bonchev–Trinajstić information content (AvgIpc) is 2.45. The van der Waals surface area contributed by atoms with Gasteiger partial charge >= 0.3 is 0 Å². The largest absolute Gasteiger partial charge is 0.377 e. The third-order valence-corrected chi connectivity index (χ3v) is 4.61. The fourth-order valence-corrected chi connectivity index (χ4v) is 3.49. The molecule has 0 radical (unpaired) electrons. The highest BCUT2D eigenvalue weighted by molar-refractivity contribution is 7.87. The van der Waals surface area contributed by atoms with E-state index in [1.807, 2.05) is 20.2 Å². The van der Waals surface area contributed by atoms with E-state index >= 15 is 0 Å².